The molecule has 0 unspecified atom stereocenters. The number of para-hydroxylation sites is 1. The Bertz CT molecular complexity index is 1040. The van der Waals surface area contributed by atoms with E-state index in [2.05, 4.69) is 37.3 Å². The van der Waals surface area contributed by atoms with Gasteiger partial charge in [-0.3, -0.25) is 0 Å². The maximum absolute atomic E-state index is 6.98. The molecular formula is C25H22Cl2O2. The average molecular weight is 425 g/mol. The van der Waals surface area contributed by atoms with Gasteiger partial charge >= 0.3 is 0 Å². The number of hydrogen-bond donors (Lipinski definition) is 0. The number of hydrogen-bond acceptors (Lipinski definition) is 2. The van der Waals surface area contributed by atoms with E-state index in [9.17, 15) is 0 Å². The van der Waals surface area contributed by atoms with Crippen LogP contribution >= 0.6 is 23.2 Å². The van der Waals surface area contributed by atoms with Crippen LogP contribution in [0.4, 0.5) is 0 Å². The lowest BCUT2D eigenvalue weighted by Gasteiger charge is -2.32. The number of alkyl halides is 2. The van der Waals surface area contributed by atoms with Gasteiger partial charge in [0.2, 0.25) is 0 Å². The van der Waals surface area contributed by atoms with Crippen LogP contribution in [0.3, 0.4) is 0 Å². The highest BCUT2D eigenvalue weighted by molar-refractivity contribution is 6.52. The summed E-state index contributed by atoms with van der Waals surface area (Å²) in [5, 5.41) is 0. The van der Waals surface area contributed by atoms with Gasteiger partial charge in [0, 0.05) is 11.5 Å². The summed E-state index contributed by atoms with van der Waals surface area (Å²) in [6, 6.07) is 24.7. The largest absolute Gasteiger partial charge is 0.494 e. The van der Waals surface area contributed by atoms with E-state index in [0.717, 1.165) is 22.6 Å². The van der Waals surface area contributed by atoms with Crippen molar-refractivity contribution in [3.63, 3.8) is 0 Å². The first-order valence-electron chi connectivity index (χ1n) is 9.94. The molecule has 0 spiro atoms. The number of fused-ring (bicyclic) bond motifs is 2. The minimum Gasteiger partial charge on any atom is -0.494 e. The Morgan fingerprint density at radius 1 is 0.931 bits per heavy atom. The normalized spacial score (nSPS) is 26.1. The van der Waals surface area contributed by atoms with Crippen LogP contribution in [-0.2, 0) is 5.60 Å². The van der Waals surface area contributed by atoms with Crippen LogP contribution in [0, 0.1) is 12.8 Å². The van der Waals surface area contributed by atoms with Gasteiger partial charge in [-0.05, 0) is 43.2 Å². The summed E-state index contributed by atoms with van der Waals surface area (Å²) in [4.78, 5) is 0. The number of aryl methyl sites for hydroxylation is 1. The first-order valence-corrected chi connectivity index (χ1v) is 10.7. The molecule has 2 nitrogen and oxygen atoms in total. The predicted molar refractivity (Wildman–Crippen MR) is 117 cm³/mol. The van der Waals surface area contributed by atoms with E-state index in [-0.39, 0.29) is 11.8 Å². The Morgan fingerprint density at radius 2 is 1.62 bits per heavy atom. The summed E-state index contributed by atoms with van der Waals surface area (Å²) < 4.78 is 11.1. The van der Waals surface area contributed by atoms with Crippen molar-refractivity contribution in [2.45, 2.75) is 29.7 Å². The minimum atomic E-state index is -1.03. The van der Waals surface area contributed by atoms with E-state index in [1.165, 1.54) is 11.1 Å². The van der Waals surface area contributed by atoms with Crippen LogP contribution in [-0.4, -0.2) is 10.9 Å². The second-order valence-corrected chi connectivity index (χ2v) is 9.21. The standard InChI is InChI=1S/C25H22Cl2O2/c1-3-28-19-14-12-18(13-15-19)24-23(25(24,26)27)22(17-10-8-16(2)9-11-17)20-6-4-5-7-21(20)29-24/h4-15,22-23H,3H2,1-2H3/t22-,23-,24+/m0/s1. The molecule has 0 amide bonds. The maximum Gasteiger partial charge on any atom is 0.174 e. The number of benzene rings is 3. The van der Waals surface area contributed by atoms with Crippen LogP contribution in [0.2, 0.25) is 0 Å². The van der Waals surface area contributed by atoms with Gasteiger partial charge in [-0.25, -0.2) is 0 Å². The van der Waals surface area contributed by atoms with Crippen molar-refractivity contribution in [3.8, 4) is 11.5 Å². The van der Waals surface area contributed by atoms with Crippen molar-refractivity contribution < 1.29 is 9.47 Å². The van der Waals surface area contributed by atoms with Gasteiger partial charge in [0.1, 0.15) is 11.5 Å². The van der Waals surface area contributed by atoms with Crippen molar-refractivity contribution in [2.75, 3.05) is 6.61 Å². The smallest absolute Gasteiger partial charge is 0.174 e. The zero-order valence-corrected chi connectivity index (χ0v) is 17.9. The van der Waals surface area contributed by atoms with Gasteiger partial charge in [-0.2, -0.15) is 0 Å². The van der Waals surface area contributed by atoms with Crippen LogP contribution < -0.4 is 9.47 Å². The molecule has 0 saturated heterocycles. The van der Waals surface area contributed by atoms with Crippen molar-refractivity contribution in [1.82, 2.24) is 0 Å². The molecule has 3 aromatic carbocycles. The molecule has 0 aromatic heterocycles. The molecule has 0 bridgehead atoms. The summed E-state index contributed by atoms with van der Waals surface area (Å²) in [6.45, 7) is 4.69. The molecule has 3 atom stereocenters. The zero-order chi connectivity index (χ0) is 20.2. The Balaban J connectivity index is 1.65. The van der Waals surface area contributed by atoms with Crippen LogP contribution in [0.1, 0.15) is 35.1 Å². The van der Waals surface area contributed by atoms with Gasteiger partial charge in [0.15, 0.2) is 9.93 Å². The molecule has 29 heavy (non-hydrogen) atoms. The molecule has 1 saturated carbocycles. The minimum absolute atomic E-state index is 0.0575. The van der Waals surface area contributed by atoms with Crippen LogP contribution in [0.25, 0.3) is 0 Å². The van der Waals surface area contributed by atoms with Gasteiger partial charge in [-0.1, -0.05) is 83.4 Å². The molecule has 0 N–H and O–H groups in total. The highest BCUT2D eigenvalue weighted by atomic mass is 35.5. The lowest BCUT2D eigenvalue weighted by Crippen LogP contribution is -2.28. The van der Waals surface area contributed by atoms with E-state index in [1.807, 2.05) is 49.4 Å². The summed E-state index contributed by atoms with van der Waals surface area (Å²) in [5.74, 6) is 1.63. The number of ether oxygens (including phenoxy) is 2. The fraction of sp³-hybridized carbons (Fsp3) is 0.280. The monoisotopic (exact) mass is 424 g/mol. The van der Waals surface area contributed by atoms with E-state index in [0.29, 0.717) is 6.61 Å². The Kier molecular flexibility index (Phi) is 4.34. The fourth-order valence-electron chi connectivity index (χ4n) is 4.71. The zero-order valence-electron chi connectivity index (χ0n) is 16.4. The summed E-state index contributed by atoms with van der Waals surface area (Å²) in [7, 11) is 0. The molecular weight excluding hydrogens is 403 g/mol. The van der Waals surface area contributed by atoms with Crippen LogP contribution in [0.15, 0.2) is 72.8 Å². The fourth-order valence-corrected chi connectivity index (χ4v) is 5.69. The molecule has 148 valence electrons. The molecule has 1 heterocycles. The average Bonchev–Trinajstić information content (AvgIpc) is 3.23. The lowest BCUT2D eigenvalue weighted by molar-refractivity contribution is 0.137. The molecule has 1 fully saturated rings. The van der Waals surface area contributed by atoms with Crippen molar-refractivity contribution in [2.24, 2.45) is 5.92 Å². The van der Waals surface area contributed by atoms with Crippen molar-refractivity contribution in [3.05, 3.63) is 95.1 Å². The Labute approximate surface area is 181 Å². The van der Waals surface area contributed by atoms with Gasteiger partial charge in [-0.15, -0.1) is 0 Å². The molecule has 3 aromatic rings. The van der Waals surface area contributed by atoms with Gasteiger partial charge in [0.05, 0.1) is 12.5 Å². The first-order chi connectivity index (χ1) is 14.0. The number of rotatable bonds is 4. The van der Waals surface area contributed by atoms with Gasteiger partial charge in [0.25, 0.3) is 0 Å². The molecule has 0 radical (unpaired) electrons. The van der Waals surface area contributed by atoms with Crippen molar-refractivity contribution in [1.29, 1.82) is 0 Å². The quantitative estimate of drug-likeness (QED) is 0.438. The molecule has 2 aliphatic rings. The molecule has 5 rings (SSSR count). The summed E-state index contributed by atoms with van der Waals surface area (Å²) in [6.07, 6.45) is 0. The highest BCUT2D eigenvalue weighted by Crippen LogP contribution is 2.77. The number of halogens is 2. The van der Waals surface area contributed by atoms with Gasteiger partial charge < -0.3 is 9.47 Å². The molecule has 1 aliphatic carbocycles. The third kappa shape index (κ3) is 2.69. The second kappa shape index (κ2) is 6.68. The first kappa shape index (κ1) is 18.8. The lowest BCUT2D eigenvalue weighted by atomic mass is 9.82. The van der Waals surface area contributed by atoms with E-state index < -0.39 is 9.93 Å². The maximum atomic E-state index is 6.98. The van der Waals surface area contributed by atoms with Crippen molar-refractivity contribution >= 4 is 23.2 Å². The molecule has 1 aliphatic heterocycles. The second-order valence-electron chi connectivity index (χ2n) is 7.82. The molecule has 4 heteroatoms. The SMILES string of the molecule is CCOc1ccc([C@@]23Oc4ccccc4[C@H](c4ccc(C)cc4)[C@@H]2C3(Cl)Cl)cc1. The predicted octanol–water partition coefficient (Wildman–Crippen LogP) is 6.62. The third-order valence-corrected chi connectivity index (χ3v) is 7.16. The third-order valence-electron chi connectivity index (χ3n) is 6.13. The highest BCUT2D eigenvalue weighted by Gasteiger charge is 2.83. The topological polar surface area (TPSA) is 18.5 Å². The Morgan fingerprint density at radius 3 is 2.31 bits per heavy atom. The van der Waals surface area contributed by atoms with Crippen LogP contribution in [0.5, 0.6) is 11.5 Å². The summed E-state index contributed by atoms with van der Waals surface area (Å²) in [5.41, 5.74) is 3.75. The van der Waals surface area contributed by atoms with E-state index in [4.69, 9.17) is 32.7 Å². The van der Waals surface area contributed by atoms with E-state index in [1.54, 1.807) is 0 Å². The van der Waals surface area contributed by atoms with E-state index >= 15 is 0 Å². The summed E-state index contributed by atoms with van der Waals surface area (Å²) >= 11 is 14.0. The Hall–Kier alpha value is -2.16.